The van der Waals surface area contributed by atoms with Crippen molar-refractivity contribution in [1.29, 1.82) is 0 Å². The average Bonchev–Trinajstić information content (AvgIpc) is 3.21. The molecule has 0 aromatic heterocycles. The number of nitrogens with zero attached hydrogens (tertiary/aromatic N) is 1. The molecular formula is C14H16ClFN2O2. The van der Waals surface area contributed by atoms with Crippen molar-refractivity contribution in [2.24, 2.45) is 0 Å². The monoisotopic (exact) mass is 298 g/mol. The van der Waals surface area contributed by atoms with Gasteiger partial charge in [0.2, 0.25) is 11.8 Å². The van der Waals surface area contributed by atoms with Crippen molar-refractivity contribution in [1.82, 2.24) is 10.2 Å². The Labute approximate surface area is 121 Å². The molecule has 2 rings (SSSR count). The minimum atomic E-state index is -0.528. The molecule has 0 spiro atoms. The lowest BCUT2D eigenvalue weighted by atomic mass is 10.2. The lowest BCUT2D eigenvalue weighted by Gasteiger charge is -2.19. The highest BCUT2D eigenvalue weighted by Crippen LogP contribution is 2.26. The van der Waals surface area contributed by atoms with Gasteiger partial charge in [0, 0.05) is 25.1 Å². The van der Waals surface area contributed by atoms with Crippen LogP contribution in [0.15, 0.2) is 18.2 Å². The summed E-state index contributed by atoms with van der Waals surface area (Å²) in [7, 11) is 0. The number of hydrogen-bond acceptors (Lipinski definition) is 2. The molecule has 1 saturated carbocycles. The van der Waals surface area contributed by atoms with Crippen LogP contribution in [0, 0.1) is 5.82 Å². The molecule has 1 fully saturated rings. The van der Waals surface area contributed by atoms with Crippen LogP contribution >= 0.6 is 11.6 Å². The van der Waals surface area contributed by atoms with Crippen LogP contribution in [0.25, 0.3) is 0 Å². The van der Waals surface area contributed by atoms with Crippen LogP contribution in [0.3, 0.4) is 0 Å². The first kappa shape index (κ1) is 14.8. The molecule has 1 N–H and O–H groups in total. The number of amides is 2. The van der Waals surface area contributed by atoms with E-state index in [1.807, 2.05) is 0 Å². The average molecular weight is 299 g/mol. The predicted octanol–water partition coefficient (Wildman–Crippen LogP) is 2.11. The van der Waals surface area contributed by atoms with Crippen LogP contribution in [0.1, 0.15) is 25.3 Å². The Morgan fingerprint density at radius 1 is 1.45 bits per heavy atom. The first-order valence-corrected chi connectivity index (χ1v) is 6.83. The molecule has 0 heterocycles. The summed E-state index contributed by atoms with van der Waals surface area (Å²) >= 11 is 5.66. The summed E-state index contributed by atoms with van der Waals surface area (Å²) in [5, 5.41) is 2.63. The van der Waals surface area contributed by atoms with Crippen LogP contribution in [0.5, 0.6) is 0 Å². The molecule has 0 atom stereocenters. The molecule has 1 aliphatic carbocycles. The van der Waals surface area contributed by atoms with Gasteiger partial charge in [-0.15, -0.1) is 0 Å². The summed E-state index contributed by atoms with van der Waals surface area (Å²) in [5.74, 6) is -0.942. The van der Waals surface area contributed by atoms with E-state index in [4.69, 9.17) is 11.6 Å². The highest BCUT2D eigenvalue weighted by molar-refractivity contribution is 6.30. The van der Waals surface area contributed by atoms with E-state index >= 15 is 0 Å². The third-order valence-electron chi connectivity index (χ3n) is 3.21. The molecule has 0 unspecified atom stereocenters. The highest BCUT2D eigenvalue weighted by atomic mass is 35.5. The Morgan fingerprint density at radius 3 is 2.75 bits per heavy atom. The van der Waals surface area contributed by atoms with Gasteiger partial charge < -0.3 is 10.2 Å². The number of halogens is 2. The molecule has 0 saturated heterocycles. The molecule has 4 nitrogen and oxygen atoms in total. The van der Waals surface area contributed by atoms with Gasteiger partial charge in [0.05, 0.1) is 11.6 Å². The smallest absolute Gasteiger partial charge is 0.239 e. The summed E-state index contributed by atoms with van der Waals surface area (Å²) in [5.41, 5.74) is 0.326. The van der Waals surface area contributed by atoms with Crippen molar-refractivity contribution >= 4 is 23.4 Å². The summed E-state index contributed by atoms with van der Waals surface area (Å²) in [4.78, 5) is 24.7. The largest absolute Gasteiger partial charge is 0.350 e. The summed E-state index contributed by atoms with van der Waals surface area (Å²) in [6.07, 6.45) is 1.88. The standard InChI is InChI=1S/C14H16ClFN2O2/c1-9(19)18(11-5-6-11)8-13(20)17-7-10-3-2-4-12(15)14(10)16/h2-4,11H,5-8H2,1H3,(H,17,20). The molecule has 2 amide bonds. The minimum absolute atomic E-state index is 0.0161. The van der Waals surface area contributed by atoms with Gasteiger partial charge in [0.25, 0.3) is 0 Å². The van der Waals surface area contributed by atoms with Crippen molar-refractivity contribution < 1.29 is 14.0 Å². The maximum atomic E-state index is 13.6. The zero-order valence-electron chi connectivity index (χ0n) is 11.2. The Balaban J connectivity index is 1.88. The van der Waals surface area contributed by atoms with Crippen molar-refractivity contribution in [2.45, 2.75) is 32.4 Å². The number of carbonyl (C=O) groups is 2. The van der Waals surface area contributed by atoms with E-state index < -0.39 is 5.82 Å². The fourth-order valence-corrected chi connectivity index (χ4v) is 2.17. The number of nitrogens with one attached hydrogen (secondary N) is 1. The second-order valence-corrected chi connectivity index (χ2v) is 5.27. The Bertz CT molecular complexity index is 532. The first-order chi connectivity index (χ1) is 9.49. The number of rotatable bonds is 5. The van der Waals surface area contributed by atoms with Gasteiger partial charge in [-0.2, -0.15) is 0 Å². The molecule has 0 aliphatic heterocycles. The maximum Gasteiger partial charge on any atom is 0.239 e. The molecular weight excluding hydrogens is 283 g/mol. The molecule has 0 radical (unpaired) electrons. The van der Waals surface area contributed by atoms with Gasteiger partial charge in [-0.25, -0.2) is 4.39 Å². The van der Waals surface area contributed by atoms with Gasteiger partial charge in [-0.1, -0.05) is 23.7 Å². The second kappa shape index (κ2) is 6.22. The van der Waals surface area contributed by atoms with E-state index in [0.29, 0.717) is 5.56 Å². The van der Waals surface area contributed by atoms with E-state index in [-0.39, 0.29) is 36.0 Å². The zero-order chi connectivity index (χ0) is 14.7. The lowest BCUT2D eigenvalue weighted by molar-refractivity contribution is -0.134. The summed E-state index contributed by atoms with van der Waals surface area (Å²) < 4.78 is 13.6. The predicted molar refractivity (Wildman–Crippen MR) is 73.7 cm³/mol. The number of carbonyl (C=O) groups excluding carboxylic acids is 2. The number of hydrogen-bond donors (Lipinski definition) is 1. The number of benzene rings is 1. The third-order valence-corrected chi connectivity index (χ3v) is 3.51. The van der Waals surface area contributed by atoms with Crippen LogP contribution in [0.4, 0.5) is 4.39 Å². The Morgan fingerprint density at radius 2 is 2.15 bits per heavy atom. The summed E-state index contributed by atoms with van der Waals surface area (Å²) in [6.45, 7) is 1.52. The van der Waals surface area contributed by atoms with E-state index in [0.717, 1.165) is 12.8 Å². The molecule has 20 heavy (non-hydrogen) atoms. The Hall–Kier alpha value is -1.62. The van der Waals surface area contributed by atoms with Gasteiger partial charge in [-0.05, 0) is 18.9 Å². The quantitative estimate of drug-likeness (QED) is 0.905. The highest BCUT2D eigenvalue weighted by Gasteiger charge is 2.31. The van der Waals surface area contributed by atoms with Crippen LogP contribution < -0.4 is 5.32 Å². The fraction of sp³-hybridized carbons (Fsp3) is 0.429. The molecule has 6 heteroatoms. The fourth-order valence-electron chi connectivity index (χ4n) is 1.97. The SMILES string of the molecule is CC(=O)N(CC(=O)NCc1cccc(Cl)c1F)C1CC1. The lowest BCUT2D eigenvalue weighted by Crippen LogP contribution is -2.40. The van der Waals surface area contributed by atoms with Crippen LogP contribution in [0.2, 0.25) is 5.02 Å². The van der Waals surface area contributed by atoms with E-state index in [9.17, 15) is 14.0 Å². The van der Waals surface area contributed by atoms with Crippen molar-refractivity contribution in [3.63, 3.8) is 0 Å². The van der Waals surface area contributed by atoms with Crippen molar-refractivity contribution in [3.8, 4) is 0 Å². The van der Waals surface area contributed by atoms with E-state index in [1.54, 1.807) is 17.0 Å². The first-order valence-electron chi connectivity index (χ1n) is 6.46. The van der Waals surface area contributed by atoms with Gasteiger partial charge >= 0.3 is 0 Å². The second-order valence-electron chi connectivity index (χ2n) is 4.87. The maximum absolute atomic E-state index is 13.6. The summed E-state index contributed by atoms with van der Waals surface area (Å²) in [6, 6.07) is 4.82. The minimum Gasteiger partial charge on any atom is -0.350 e. The molecule has 108 valence electrons. The Kier molecular flexibility index (Phi) is 4.60. The molecule has 1 aromatic carbocycles. The van der Waals surface area contributed by atoms with Crippen molar-refractivity contribution in [2.75, 3.05) is 6.54 Å². The van der Waals surface area contributed by atoms with Gasteiger partial charge in [-0.3, -0.25) is 9.59 Å². The van der Waals surface area contributed by atoms with Gasteiger partial charge in [0.15, 0.2) is 0 Å². The van der Waals surface area contributed by atoms with Crippen LogP contribution in [-0.2, 0) is 16.1 Å². The normalized spacial score (nSPS) is 13.9. The third kappa shape index (κ3) is 3.70. The van der Waals surface area contributed by atoms with Crippen molar-refractivity contribution in [3.05, 3.63) is 34.6 Å². The van der Waals surface area contributed by atoms with E-state index in [2.05, 4.69) is 5.32 Å². The topological polar surface area (TPSA) is 49.4 Å². The molecule has 1 aliphatic rings. The van der Waals surface area contributed by atoms with E-state index in [1.165, 1.54) is 13.0 Å². The van der Waals surface area contributed by atoms with Gasteiger partial charge in [0.1, 0.15) is 5.82 Å². The van der Waals surface area contributed by atoms with Crippen LogP contribution in [-0.4, -0.2) is 29.3 Å². The zero-order valence-corrected chi connectivity index (χ0v) is 11.9. The molecule has 0 bridgehead atoms. The molecule has 1 aromatic rings.